The van der Waals surface area contributed by atoms with E-state index in [0.717, 1.165) is 62.8 Å². The minimum absolute atomic E-state index is 0.750. The first-order chi connectivity index (χ1) is 13.8. The van der Waals surface area contributed by atoms with Crippen LogP contribution in [0.2, 0.25) is 0 Å². The zero-order valence-electron chi connectivity index (χ0n) is 16.6. The van der Waals surface area contributed by atoms with Crippen molar-refractivity contribution in [3.8, 4) is 5.75 Å². The smallest absolute Gasteiger partial charge is 0.254 e. The molecule has 2 aliphatic rings. The van der Waals surface area contributed by atoms with Crippen molar-refractivity contribution in [2.24, 2.45) is 0 Å². The summed E-state index contributed by atoms with van der Waals surface area (Å²) < 4.78 is 7.55. The van der Waals surface area contributed by atoms with E-state index in [9.17, 15) is 0 Å². The molecular weight excluding hydrogens is 352 g/mol. The molecule has 2 aromatic heterocycles. The average Bonchev–Trinajstić information content (AvgIpc) is 3.38. The SMILES string of the molecule is CCc1nc2nc3c(c(N4CCN(c5ccccc5OC)CC4)n2n1)CCC3. The molecular formula is C21H26N6O. The molecule has 146 valence electrons. The predicted octanol–water partition coefficient (Wildman–Crippen LogP) is 2.51. The number of nitrogens with zero attached hydrogens (tertiary/aromatic N) is 6. The first-order valence-electron chi connectivity index (χ1n) is 10.2. The highest BCUT2D eigenvalue weighted by molar-refractivity contribution is 5.61. The normalized spacial score (nSPS) is 16.6. The number of rotatable bonds is 4. The van der Waals surface area contributed by atoms with Crippen molar-refractivity contribution in [2.45, 2.75) is 32.6 Å². The quantitative estimate of drug-likeness (QED) is 0.695. The Morgan fingerprint density at radius 2 is 1.79 bits per heavy atom. The van der Waals surface area contributed by atoms with Crippen LogP contribution in [0.4, 0.5) is 11.5 Å². The predicted molar refractivity (Wildman–Crippen MR) is 110 cm³/mol. The maximum Gasteiger partial charge on any atom is 0.254 e. The molecule has 1 fully saturated rings. The van der Waals surface area contributed by atoms with E-state index in [-0.39, 0.29) is 0 Å². The van der Waals surface area contributed by atoms with E-state index >= 15 is 0 Å². The summed E-state index contributed by atoms with van der Waals surface area (Å²) in [5.41, 5.74) is 3.75. The number of para-hydroxylation sites is 2. The lowest BCUT2D eigenvalue weighted by Crippen LogP contribution is -2.47. The number of ether oxygens (including phenoxy) is 1. The summed E-state index contributed by atoms with van der Waals surface area (Å²) in [5, 5.41) is 4.76. The lowest BCUT2D eigenvalue weighted by atomic mass is 10.2. The van der Waals surface area contributed by atoms with Crippen LogP contribution in [0.15, 0.2) is 24.3 Å². The van der Waals surface area contributed by atoms with Gasteiger partial charge in [-0.15, -0.1) is 5.10 Å². The van der Waals surface area contributed by atoms with Gasteiger partial charge in [0.15, 0.2) is 5.82 Å². The number of piperazine rings is 1. The van der Waals surface area contributed by atoms with E-state index in [0.29, 0.717) is 0 Å². The molecule has 0 N–H and O–H groups in total. The lowest BCUT2D eigenvalue weighted by Gasteiger charge is -2.38. The highest BCUT2D eigenvalue weighted by Crippen LogP contribution is 2.33. The van der Waals surface area contributed by atoms with E-state index in [1.54, 1.807) is 7.11 Å². The average molecular weight is 378 g/mol. The fourth-order valence-corrected chi connectivity index (χ4v) is 4.43. The van der Waals surface area contributed by atoms with Crippen molar-refractivity contribution < 1.29 is 4.74 Å². The molecule has 28 heavy (non-hydrogen) atoms. The summed E-state index contributed by atoms with van der Waals surface area (Å²) in [5.74, 6) is 3.76. The fourth-order valence-electron chi connectivity index (χ4n) is 4.43. The van der Waals surface area contributed by atoms with Crippen LogP contribution in [0, 0.1) is 0 Å². The number of aromatic nitrogens is 4. The van der Waals surface area contributed by atoms with Crippen molar-refractivity contribution in [2.75, 3.05) is 43.1 Å². The molecule has 0 radical (unpaired) electrons. The van der Waals surface area contributed by atoms with Crippen molar-refractivity contribution in [3.63, 3.8) is 0 Å². The molecule has 1 saturated heterocycles. The Hall–Kier alpha value is -2.83. The minimum Gasteiger partial charge on any atom is -0.495 e. The van der Waals surface area contributed by atoms with E-state index in [4.69, 9.17) is 14.8 Å². The number of benzene rings is 1. The van der Waals surface area contributed by atoms with Crippen molar-refractivity contribution >= 4 is 17.3 Å². The molecule has 5 rings (SSSR count). The van der Waals surface area contributed by atoms with Crippen molar-refractivity contribution in [3.05, 3.63) is 41.3 Å². The van der Waals surface area contributed by atoms with Crippen molar-refractivity contribution in [1.82, 2.24) is 19.6 Å². The van der Waals surface area contributed by atoms with Gasteiger partial charge in [-0.05, 0) is 31.4 Å². The highest BCUT2D eigenvalue weighted by atomic mass is 16.5. The second-order valence-corrected chi connectivity index (χ2v) is 7.45. The number of hydrogen-bond donors (Lipinski definition) is 0. The zero-order valence-corrected chi connectivity index (χ0v) is 16.6. The summed E-state index contributed by atoms with van der Waals surface area (Å²) in [7, 11) is 1.74. The van der Waals surface area contributed by atoms with Crippen LogP contribution < -0.4 is 14.5 Å². The van der Waals surface area contributed by atoms with Gasteiger partial charge in [0.1, 0.15) is 11.6 Å². The largest absolute Gasteiger partial charge is 0.495 e. The Morgan fingerprint density at radius 3 is 2.57 bits per heavy atom. The second-order valence-electron chi connectivity index (χ2n) is 7.45. The van der Waals surface area contributed by atoms with E-state index < -0.39 is 0 Å². The van der Waals surface area contributed by atoms with E-state index in [1.165, 1.54) is 29.2 Å². The molecule has 7 heteroatoms. The third kappa shape index (κ3) is 2.77. The Kier molecular flexibility index (Phi) is 4.30. The first-order valence-corrected chi connectivity index (χ1v) is 10.2. The Labute approximate surface area is 165 Å². The summed E-state index contributed by atoms with van der Waals surface area (Å²) >= 11 is 0. The molecule has 0 amide bonds. The van der Waals surface area contributed by atoms with Gasteiger partial charge in [0.05, 0.1) is 18.5 Å². The summed E-state index contributed by atoms with van der Waals surface area (Å²) in [6.45, 7) is 5.90. The van der Waals surface area contributed by atoms with Crippen LogP contribution in [0.25, 0.3) is 5.78 Å². The van der Waals surface area contributed by atoms with Crippen LogP contribution in [-0.4, -0.2) is 52.9 Å². The third-order valence-corrected chi connectivity index (χ3v) is 5.85. The Balaban J connectivity index is 1.47. The highest BCUT2D eigenvalue weighted by Gasteiger charge is 2.28. The summed E-state index contributed by atoms with van der Waals surface area (Å²) in [4.78, 5) is 14.3. The van der Waals surface area contributed by atoms with Gasteiger partial charge in [0.25, 0.3) is 5.78 Å². The Bertz CT molecular complexity index is 1010. The number of methoxy groups -OCH3 is 1. The molecule has 7 nitrogen and oxygen atoms in total. The van der Waals surface area contributed by atoms with Gasteiger partial charge in [0.2, 0.25) is 0 Å². The second kappa shape index (κ2) is 6.96. The topological polar surface area (TPSA) is 58.8 Å². The van der Waals surface area contributed by atoms with Gasteiger partial charge in [0, 0.05) is 38.2 Å². The van der Waals surface area contributed by atoms with Crippen LogP contribution in [0.1, 0.15) is 30.4 Å². The lowest BCUT2D eigenvalue weighted by molar-refractivity contribution is 0.413. The molecule has 0 spiro atoms. The molecule has 3 aromatic rings. The van der Waals surface area contributed by atoms with E-state index in [1.807, 2.05) is 16.6 Å². The fraction of sp³-hybridized carbons (Fsp3) is 0.476. The molecule has 0 saturated carbocycles. The molecule has 1 aliphatic heterocycles. The molecule has 0 atom stereocenters. The van der Waals surface area contributed by atoms with Crippen LogP contribution >= 0.6 is 0 Å². The molecule has 1 aromatic carbocycles. The molecule has 0 unspecified atom stereocenters. The summed E-state index contributed by atoms with van der Waals surface area (Å²) in [6.07, 6.45) is 4.13. The van der Waals surface area contributed by atoms with Crippen LogP contribution in [0.3, 0.4) is 0 Å². The van der Waals surface area contributed by atoms with Crippen LogP contribution in [-0.2, 0) is 19.3 Å². The van der Waals surface area contributed by atoms with Crippen molar-refractivity contribution in [1.29, 1.82) is 0 Å². The van der Waals surface area contributed by atoms with E-state index in [2.05, 4.69) is 33.8 Å². The molecule has 0 bridgehead atoms. The molecule has 3 heterocycles. The maximum absolute atomic E-state index is 5.56. The number of hydrogen-bond acceptors (Lipinski definition) is 6. The number of anilines is 2. The monoisotopic (exact) mass is 378 g/mol. The first kappa shape index (κ1) is 17.3. The Morgan fingerprint density at radius 1 is 1.00 bits per heavy atom. The standard InChI is InChI=1S/C21H26N6O/c1-3-19-23-21-22-16-8-6-7-15(16)20(27(21)24-19)26-13-11-25(12-14-26)17-9-4-5-10-18(17)28-2/h4-5,9-10H,3,6-8,11-14H2,1-2H3. The summed E-state index contributed by atoms with van der Waals surface area (Å²) in [6, 6.07) is 8.27. The maximum atomic E-state index is 5.56. The number of fused-ring (bicyclic) bond motifs is 2. The zero-order chi connectivity index (χ0) is 19.1. The minimum atomic E-state index is 0.750. The van der Waals surface area contributed by atoms with Gasteiger partial charge in [-0.3, -0.25) is 0 Å². The van der Waals surface area contributed by atoms with Gasteiger partial charge < -0.3 is 14.5 Å². The van der Waals surface area contributed by atoms with Crippen LogP contribution in [0.5, 0.6) is 5.75 Å². The van der Waals surface area contributed by atoms with Gasteiger partial charge in [-0.1, -0.05) is 19.1 Å². The van der Waals surface area contributed by atoms with Gasteiger partial charge in [-0.25, -0.2) is 4.98 Å². The van der Waals surface area contributed by atoms with Gasteiger partial charge in [-0.2, -0.15) is 9.50 Å². The third-order valence-electron chi connectivity index (χ3n) is 5.85. The molecule has 1 aliphatic carbocycles. The number of aryl methyl sites for hydroxylation is 2. The van der Waals surface area contributed by atoms with Gasteiger partial charge >= 0.3 is 0 Å².